The Kier molecular flexibility index (Phi) is 4.02. The summed E-state index contributed by atoms with van der Waals surface area (Å²) in [6.07, 6.45) is 4.08. The Morgan fingerprint density at radius 1 is 1.29 bits per heavy atom. The second-order valence-electron chi connectivity index (χ2n) is 4.61. The Bertz CT molecular complexity index is 368. The average Bonchev–Trinajstić information content (AvgIpc) is 2.28. The Morgan fingerprint density at radius 3 is 2.53 bits per heavy atom. The van der Waals surface area contributed by atoms with Gasteiger partial charge in [0.25, 0.3) is 5.91 Å². The lowest BCUT2D eigenvalue weighted by Gasteiger charge is -2.25. The monoisotopic (exact) mass is 232 g/mol. The third kappa shape index (κ3) is 3.22. The number of amides is 1. The maximum Gasteiger partial charge on any atom is 0.251 e. The summed E-state index contributed by atoms with van der Waals surface area (Å²) in [5.74, 6) is 0.844. The van der Waals surface area contributed by atoms with Gasteiger partial charge in [0, 0.05) is 24.3 Å². The highest BCUT2D eigenvalue weighted by Gasteiger charge is 2.16. The van der Waals surface area contributed by atoms with Crippen LogP contribution in [0.5, 0.6) is 0 Å². The highest BCUT2D eigenvalue weighted by molar-refractivity contribution is 5.94. The molecule has 0 unspecified atom stereocenters. The van der Waals surface area contributed by atoms with Gasteiger partial charge < -0.3 is 10.6 Å². The van der Waals surface area contributed by atoms with Crippen molar-refractivity contribution < 1.29 is 4.79 Å². The Labute approximate surface area is 103 Å². The highest BCUT2D eigenvalue weighted by atomic mass is 16.1. The first-order chi connectivity index (χ1) is 8.29. The van der Waals surface area contributed by atoms with Gasteiger partial charge in [0.1, 0.15) is 0 Å². The third-order valence-corrected chi connectivity index (χ3v) is 3.30. The van der Waals surface area contributed by atoms with Crippen molar-refractivity contribution in [2.75, 3.05) is 18.4 Å². The van der Waals surface area contributed by atoms with E-state index >= 15 is 0 Å². The molecule has 0 aromatic heterocycles. The van der Waals surface area contributed by atoms with Crippen LogP contribution in [-0.4, -0.2) is 19.0 Å². The van der Waals surface area contributed by atoms with Crippen LogP contribution in [-0.2, 0) is 0 Å². The smallest absolute Gasteiger partial charge is 0.251 e. The molecule has 0 atom stereocenters. The molecule has 0 radical (unpaired) electrons. The van der Waals surface area contributed by atoms with Gasteiger partial charge in [-0.15, -0.1) is 0 Å². The summed E-state index contributed by atoms with van der Waals surface area (Å²) in [6, 6.07) is 7.69. The van der Waals surface area contributed by atoms with Gasteiger partial charge in [-0.05, 0) is 49.9 Å². The van der Waals surface area contributed by atoms with E-state index in [2.05, 4.69) is 10.6 Å². The van der Waals surface area contributed by atoms with E-state index in [1.807, 2.05) is 31.2 Å². The second kappa shape index (κ2) is 5.71. The zero-order valence-electron chi connectivity index (χ0n) is 10.3. The van der Waals surface area contributed by atoms with E-state index in [1.54, 1.807) is 0 Å². The summed E-state index contributed by atoms with van der Waals surface area (Å²) in [7, 11) is 0. The fourth-order valence-corrected chi connectivity index (χ4v) is 1.96. The molecule has 1 saturated carbocycles. The second-order valence-corrected chi connectivity index (χ2v) is 4.61. The van der Waals surface area contributed by atoms with Crippen molar-refractivity contribution >= 4 is 11.6 Å². The van der Waals surface area contributed by atoms with Gasteiger partial charge in [0.05, 0.1) is 0 Å². The van der Waals surface area contributed by atoms with E-state index in [4.69, 9.17) is 0 Å². The van der Waals surface area contributed by atoms with Crippen molar-refractivity contribution in [1.29, 1.82) is 0 Å². The normalized spacial score (nSPS) is 15.1. The zero-order chi connectivity index (χ0) is 12.1. The van der Waals surface area contributed by atoms with Crippen LogP contribution in [0.4, 0.5) is 5.69 Å². The lowest BCUT2D eigenvalue weighted by Crippen LogP contribution is -2.23. The number of anilines is 1. The summed E-state index contributed by atoms with van der Waals surface area (Å²) in [4.78, 5) is 11.5. The molecule has 3 heteroatoms. The Balaban J connectivity index is 1.85. The standard InChI is InChI=1S/C14H20N2O/c1-2-15-14(17)12-6-8-13(9-7-12)16-10-11-4-3-5-11/h6-9,11,16H,2-5,10H2,1H3,(H,15,17). The van der Waals surface area contributed by atoms with Crippen LogP contribution in [0.2, 0.25) is 0 Å². The van der Waals surface area contributed by atoms with Crippen molar-refractivity contribution in [1.82, 2.24) is 5.32 Å². The van der Waals surface area contributed by atoms with Gasteiger partial charge in [-0.25, -0.2) is 0 Å². The minimum atomic E-state index is -0.00181. The van der Waals surface area contributed by atoms with Crippen molar-refractivity contribution in [2.24, 2.45) is 5.92 Å². The van der Waals surface area contributed by atoms with E-state index in [0.717, 1.165) is 23.7 Å². The molecule has 0 bridgehead atoms. The van der Waals surface area contributed by atoms with Crippen LogP contribution in [0.1, 0.15) is 36.5 Å². The molecular weight excluding hydrogens is 212 g/mol. The molecule has 1 amide bonds. The maximum atomic E-state index is 11.5. The summed E-state index contributed by atoms with van der Waals surface area (Å²) in [5, 5.41) is 6.20. The topological polar surface area (TPSA) is 41.1 Å². The molecule has 0 heterocycles. The fraction of sp³-hybridized carbons (Fsp3) is 0.500. The lowest BCUT2D eigenvalue weighted by atomic mass is 9.85. The van der Waals surface area contributed by atoms with Crippen molar-refractivity contribution in [3.63, 3.8) is 0 Å². The summed E-state index contributed by atoms with van der Waals surface area (Å²) in [6.45, 7) is 3.65. The molecule has 1 aromatic carbocycles. The molecule has 2 N–H and O–H groups in total. The van der Waals surface area contributed by atoms with Gasteiger partial charge in [0.2, 0.25) is 0 Å². The summed E-state index contributed by atoms with van der Waals surface area (Å²) >= 11 is 0. The van der Waals surface area contributed by atoms with E-state index < -0.39 is 0 Å². The summed E-state index contributed by atoms with van der Waals surface area (Å²) < 4.78 is 0. The van der Waals surface area contributed by atoms with Crippen LogP contribution in [0.25, 0.3) is 0 Å². The number of carbonyl (C=O) groups is 1. The van der Waals surface area contributed by atoms with E-state index in [-0.39, 0.29) is 5.91 Å². The van der Waals surface area contributed by atoms with Crippen molar-refractivity contribution in [3.05, 3.63) is 29.8 Å². The highest BCUT2D eigenvalue weighted by Crippen LogP contribution is 2.26. The van der Waals surface area contributed by atoms with Crippen LogP contribution >= 0.6 is 0 Å². The molecule has 1 aromatic rings. The average molecular weight is 232 g/mol. The molecule has 0 saturated heterocycles. The molecule has 0 aliphatic heterocycles. The van der Waals surface area contributed by atoms with E-state index in [9.17, 15) is 4.79 Å². The fourth-order valence-electron chi connectivity index (χ4n) is 1.96. The molecule has 3 nitrogen and oxygen atoms in total. The minimum Gasteiger partial charge on any atom is -0.385 e. The van der Waals surface area contributed by atoms with Gasteiger partial charge in [-0.2, -0.15) is 0 Å². The number of rotatable bonds is 5. The first kappa shape index (κ1) is 12.0. The van der Waals surface area contributed by atoms with Crippen molar-refractivity contribution in [2.45, 2.75) is 26.2 Å². The van der Waals surface area contributed by atoms with E-state index in [1.165, 1.54) is 19.3 Å². The van der Waals surface area contributed by atoms with Crippen LogP contribution in [0, 0.1) is 5.92 Å². The number of hydrogen-bond acceptors (Lipinski definition) is 2. The van der Waals surface area contributed by atoms with E-state index in [0.29, 0.717) is 6.54 Å². The van der Waals surface area contributed by atoms with Crippen LogP contribution in [0.3, 0.4) is 0 Å². The first-order valence-electron chi connectivity index (χ1n) is 6.41. The molecule has 17 heavy (non-hydrogen) atoms. The number of carbonyl (C=O) groups excluding carboxylic acids is 1. The minimum absolute atomic E-state index is 0.00181. The quantitative estimate of drug-likeness (QED) is 0.819. The Hall–Kier alpha value is -1.51. The Morgan fingerprint density at radius 2 is 2.00 bits per heavy atom. The predicted molar refractivity (Wildman–Crippen MR) is 70.3 cm³/mol. The molecule has 2 rings (SSSR count). The lowest BCUT2D eigenvalue weighted by molar-refractivity contribution is 0.0956. The molecular formula is C14H20N2O. The van der Waals surface area contributed by atoms with Crippen LogP contribution in [0.15, 0.2) is 24.3 Å². The molecule has 92 valence electrons. The summed E-state index contributed by atoms with van der Waals surface area (Å²) in [5.41, 5.74) is 1.82. The predicted octanol–water partition coefficient (Wildman–Crippen LogP) is 2.65. The number of benzene rings is 1. The molecule has 1 aliphatic carbocycles. The first-order valence-corrected chi connectivity index (χ1v) is 6.41. The number of nitrogens with one attached hydrogen (secondary N) is 2. The van der Waals surface area contributed by atoms with Crippen LogP contribution < -0.4 is 10.6 Å². The number of hydrogen-bond donors (Lipinski definition) is 2. The largest absolute Gasteiger partial charge is 0.385 e. The molecule has 0 spiro atoms. The SMILES string of the molecule is CCNC(=O)c1ccc(NCC2CCC2)cc1. The molecule has 1 fully saturated rings. The zero-order valence-corrected chi connectivity index (χ0v) is 10.3. The molecule has 1 aliphatic rings. The third-order valence-electron chi connectivity index (χ3n) is 3.30. The van der Waals surface area contributed by atoms with Gasteiger partial charge in [0.15, 0.2) is 0 Å². The van der Waals surface area contributed by atoms with Crippen molar-refractivity contribution in [3.8, 4) is 0 Å². The maximum absolute atomic E-state index is 11.5. The van der Waals surface area contributed by atoms with Gasteiger partial charge >= 0.3 is 0 Å². The van der Waals surface area contributed by atoms with Gasteiger partial charge in [-0.1, -0.05) is 6.42 Å². The van der Waals surface area contributed by atoms with Gasteiger partial charge in [-0.3, -0.25) is 4.79 Å².